The maximum atomic E-state index is 12.9. The van der Waals surface area contributed by atoms with Crippen LogP contribution in [-0.4, -0.2) is 47.4 Å². The SMILES string of the molecule is C[C@@H](NC(=O)N(CCCl)N=O)C(=O)O[C@H]1CC[C@H]2[C@@H]3CC[C@H]4CC(=O)CC[C@]4(C)[C@H]3CC[C@]12C. The highest BCUT2D eigenvalue weighted by Gasteiger charge is 2.61. The van der Waals surface area contributed by atoms with Gasteiger partial charge in [0.25, 0.3) is 0 Å². The zero-order chi connectivity index (χ0) is 24.7. The molecule has 4 saturated carbocycles. The molecule has 4 aliphatic carbocycles. The molecule has 0 aromatic carbocycles. The molecule has 8 nitrogen and oxygen atoms in total. The predicted molar refractivity (Wildman–Crippen MR) is 128 cm³/mol. The molecule has 2 amide bonds. The van der Waals surface area contributed by atoms with Crippen molar-refractivity contribution in [3.05, 3.63) is 4.91 Å². The molecule has 0 bridgehead atoms. The van der Waals surface area contributed by atoms with Gasteiger partial charge in [0.2, 0.25) is 0 Å². The van der Waals surface area contributed by atoms with Crippen LogP contribution in [0.15, 0.2) is 5.29 Å². The van der Waals surface area contributed by atoms with Gasteiger partial charge in [0, 0.05) is 24.1 Å². The average molecular weight is 496 g/mol. The van der Waals surface area contributed by atoms with Gasteiger partial charge in [-0.05, 0) is 81.0 Å². The number of nitrogens with zero attached hydrogens (tertiary/aromatic N) is 2. The second kappa shape index (κ2) is 9.75. The first-order chi connectivity index (χ1) is 16.1. The number of esters is 1. The molecular weight excluding hydrogens is 458 g/mol. The number of hydrogen-bond donors (Lipinski definition) is 1. The van der Waals surface area contributed by atoms with E-state index < -0.39 is 18.0 Å². The van der Waals surface area contributed by atoms with Crippen LogP contribution in [-0.2, 0) is 14.3 Å². The summed E-state index contributed by atoms with van der Waals surface area (Å²) in [7, 11) is 0. The van der Waals surface area contributed by atoms with Gasteiger partial charge < -0.3 is 10.1 Å². The fourth-order valence-electron chi connectivity index (χ4n) is 8.01. The molecule has 0 unspecified atom stereocenters. The molecule has 0 aromatic rings. The number of Topliss-reactive ketones (excluding diaryl/α,β-unsaturated/α-hetero) is 1. The van der Waals surface area contributed by atoms with Gasteiger partial charge >= 0.3 is 12.0 Å². The lowest BCUT2D eigenvalue weighted by atomic mass is 9.45. The van der Waals surface area contributed by atoms with E-state index in [-0.39, 0.29) is 29.4 Å². The van der Waals surface area contributed by atoms with Crippen molar-refractivity contribution in [2.24, 2.45) is 39.8 Å². The van der Waals surface area contributed by atoms with E-state index in [9.17, 15) is 19.3 Å². The third-order valence-electron chi connectivity index (χ3n) is 9.98. The summed E-state index contributed by atoms with van der Waals surface area (Å²) in [6, 6.07) is -1.65. The smallest absolute Gasteiger partial charge is 0.341 e. The Bertz CT molecular complexity index is 839. The summed E-state index contributed by atoms with van der Waals surface area (Å²) < 4.78 is 5.99. The van der Waals surface area contributed by atoms with Crippen LogP contribution in [0.3, 0.4) is 0 Å². The average Bonchev–Trinajstić information content (AvgIpc) is 3.13. The van der Waals surface area contributed by atoms with E-state index in [1.807, 2.05) is 0 Å². The minimum atomic E-state index is -0.889. The zero-order valence-corrected chi connectivity index (χ0v) is 21.3. The number of urea groups is 1. The Balaban J connectivity index is 1.40. The Morgan fingerprint density at radius 2 is 1.88 bits per heavy atom. The number of rotatable bonds is 6. The fourth-order valence-corrected chi connectivity index (χ4v) is 8.17. The van der Waals surface area contributed by atoms with E-state index in [0.717, 1.165) is 51.4 Å². The largest absolute Gasteiger partial charge is 0.460 e. The number of carbonyl (C=O) groups is 3. The van der Waals surface area contributed by atoms with Gasteiger partial charge in [0.05, 0.1) is 11.8 Å². The van der Waals surface area contributed by atoms with Gasteiger partial charge in [-0.3, -0.25) is 4.79 Å². The highest BCUT2D eigenvalue weighted by Crippen LogP contribution is 2.66. The molecule has 4 aliphatic rings. The van der Waals surface area contributed by atoms with Crippen LogP contribution in [0.2, 0.25) is 0 Å². The van der Waals surface area contributed by atoms with Crippen LogP contribution in [0, 0.1) is 39.4 Å². The van der Waals surface area contributed by atoms with Crippen LogP contribution in [0.5, 0.6) is 0 Å². The number of halogens is 1. The highest BCUT2D eigenvalue weighted by atomic mass is 35.5. The first-order valence-corrected chi connectivity index (χ1v) is 13.4. The Kier molecular flexibility index (Phi) is 7.28. The molecule has 1 N–H and O–H groups in total. The molecule has 0 radical (unpaired) electrons. The fraction of sp³-hybridized carbons (Fsp3) is 0.880. The van der Waals surface area contributed by atoms with Crippen molar-refractivity contribution in [2.45, 2.75) is 90.7 Å². The monoisotopic (exact) mass is 495 g/mol. The molecule has 0 aromatic heterocycles. The molecule has 0 saturated heterocycles. The van der Waals surface area contributed by atoms with Crippen molar-refractivity contribution in [1.29, 1.82) is 0 Å². The van der Waals surface area contributed by atoms with Crippen LogP contribution < -0.4 is 5.32 Å². The van der Waals surface area contributed by atoms with Crippen LogP contribution >= 0.6 is 11.6 Å². The number of hydrogen-bond acceptors (Lipinski definition) is 6. The number of carbonyl (C=O) groups excluding carboxylic acids is 3. The summed E-state index contributed by atoms with van der Waals surface area (Å²) in [5.74, 6) is 2.33. The lowest BCUT2D eigenvalue weighted by molar-refractivity contribution is -0.165. The predicted octanol–water partition coefficient (Wildman–Crippen LogP) is 4.83. The number of alkyl halides is 1. The topological polar surface area (TPSA) is 105 Å². The van der Waals surface area contributed by atoms with Gasteiger partial charge in [0.1, 0.15) is 17.9 Å². The number of fused-ring (bicyclic) bond motifs is 5. The minimum absolute atomic E-state index is 0.0302. The summed E-state index contributed by atoms with van der Waals surface area (Å²) in [6.45, 7) is 6.24. The second-order valence-corrected chi connectivity index (χ2v) is 11.9. The van der Waals surface area contributed by atoms with Crippen molar-refractivity contribution in [1.82, 2.24) is 10.3 Å². The first-order valence-electron chi connectivity index (χ1n) is 12.8. The van der Waals surface area contributed by atoms with Crippen molar-refractivity contribution >= 4 is 29.4 Å². The number of nitrogens with one attached hydrogen (secondary N) is 1. The van der Waals surface area contributed by atoms with Gasteiger partial charge in [0.15, 0.2) is 0 Å². The van der Waals surface area contributed by atoms with E-state index in [1.165, 1.54) is 6.42 Å². The Hall–Kier alpha value is -1.70. The number of amides is 2. The van der Waals surface area contributed by atoms with Gasteiger partial charge in [-0.2, -0.15) is 5.01 Å². The van der Waals surface area contributed by atoms with Crippen molar-refractivity contribution < 1.29 is 19.1 Å². The van der Waals surface area contributed by atoms with E-state index in [0.29, 0.717) is 34.5 Å². The van der Waals surface area contributed by atoms with Crippen LogP contribution in [0.1, 0.15) is 78.6 Å². The molecule has 9 heteroatoms. The van der Waals surface area contributed by atoms with Gasteiger partial charge in [-0.15, -0.1) is 16.5 Å². The molecule has 0 heterocycles. The van der Waals surface area contributed by atoms with Crippen molar-refractivity contribution in [3.63, 3.8) is 0 Å². The molecule has 8 atom stereocenters. The maximum Gasteiger partial charge on any atom is 0.341 e. The number of nitroso groups, excluding NO2 is 1. The van der Waals surface area contributed by atoms with Crippen molar-refractivity contribution in [2.75, 3.05) is 12.4 Å². The standard InChI is InChI=1S/C25H38ClN3O5/c1-15(27-23(32)29(28-33)13-12-26)22(31)34-21-7-6-19-18-5-4-16-14-17(30)8-10-24(16,2)20(18)9-11-25(19,21)3/h15-16,18-21H,4-14H2,1-3H3,(H,27,32)/t15-,16+,18+,19+,20+,21+,24+,25+/m1/s1. The lowest BCUT2D eigenvalue weighted by Gasteiger charge is -2.60. The quantitative estimate of drug-likeness (QED) is 0.246. The summed E-state index contributed by atoms with van der Waals surface area (Å²) >= 11 is 5.59. The van der Waals surface area contributed by atoms with Crippen molar-refractivity contribution in [3.8, 4) is 0 Å². The third kappa shape index (κ3) is 4.35. The van der Waals surface area contributed by atoms with Gasteiger partial charge in [-0.25, -0.2) is 9.59 Å². The summed E-state index contributed by atoms with van der Waals surface area (Å²) in [6.07, 6.45) is 8.66. The first kappa shape index (κ1) is 25.4. The lowest BCUT2D eigenvalue weighted by Crippen LogP contribution is -2.54. The molecule has 4 rings (SSSR count). The zero-order valence-electron chi connectivity index (χ0n) is 20.6. The molecule has 0 aliphatic heterocycles. The van der Waals surface area contributed by atoms with E-state index in [2.05, 4.69) is 24.5 Å². The van der Waals surface area contributed by atoms with Crippen LogP contribution in [0.25, 0.3) is 0 Å². The molecule has 0 spiro atoms. The van der Waals surface area contributed by atoms with E-state index >= 15 is 0 Å². The summed E-state index contributed by atoms with van der Waals surface area (Å²) in [5, 5.41) is 5.81. The molecule has 190 valence electrons. The van der Waals surface area contributed by atoms with E-state index in [4.69, 9.17) is 16.3 Å². The van der Waals surface area contributed by atoms with Gasteiger partial charge in [-0.1, -0.05) is 13.8 Å². The maximum absolute atomic E-state index is 12.9. The Morgan fingerprint density at radius 1 is 1.15 bits per heavy atom. The normalized spacial score (nSPS) is 39.8. The Morgan fingerprint density at radius 3 is 2.59 bits per heavy atom. The number of ketones is 1. The molecule has 4 fully saturated rings. The third-order valence-corrected chi connectivity index (χ3v) is 10.1. The summed E-state index contributed by atoms with van der Waals surface area (Å²) in [4.78, 5) is 48.0. The minimum Gasteiger partial charge on any atom is -0.460 e. The molecule has 34 heavy (non-hydrogen) atoms. The second-order valence-electron chi connectivity index (χ2n) is 11.5. The Labute approximate surface area is 206 Å². The highest BCUT2D eigenvalue weighted by molar-refractivity contribution is 6.18. The summed E-state index contributed by atoms with van der Waals surface area (Å²) in [5.41, 5.74) is 0.191. The van der Waals surface area contributed by atoms with E-state index in [1.54, 1.807) is 6.92 Å². The van der Waals surface area contributed by atoms with Crippen LogP contribution in [0.4, 0.5) is 4.79 Å². The number of ether oxygens (including phenoxy) is 1. The molecular formula is C25H38ClN3O5.